The van der Waals surface area contributed by atoms with E-state index in [2.05, 4.69) is 4.90 Å². The lowest BCUT2D eigenvalue weighted by atomic mass is 9.84. The molecule has 2 aliphatic rings. The van der Waals surface area contributed by atoms with Crippen molar-refractivity contribution in [3.63, 3.8) is 0 Å². The van der Waals surface area contributed by atoms with Crippen molar-refractivity contribution in [2.45, 2.75) is 31.1 Å². The van der Waals surface area contributed by atoms with Crippen molar-refractivity contribution >= 4 is 5.91 Å². The molecular formula is C16H24N2O4. The number of rotatable bonds is 5. The molecule has 6 nitrogen and oxygen atoms in total. The van der Waals surface area contributed by atoms with Gasteiger partial charge in [0.25, 0.3) is 0 Å². The fourth-order valence-corrected chi connectivity index (χ4v) is 3.17. The number of furan rings is 1. The molecule has 2 aliphatic heterocycles. The van der Waals surface area contributed by atoms with Crippen LogP contribution in [0.4, 0.5) is 0 Å². The van der Waals surface area contributed by atoms with E-state index in [1.165, 1.54) is 0 Å². The van der Waals surface area contributed by atoms with E-state index in [1.54, 1.807) is 25.3 Å². The molecule has 0 radical (unpaired) electrons. The quantitative estimate of drug-likeness (QED) is 0.816. The largest absolute Gasteiger partial charge is 0.468 e. The van der Waals surface area contributed by atoms with Gasteiger partial charge in [0.05, 0.1) is 24.5 Å². The van der Waals surface area contributed by atoms with Gasteiger partial charge < -0.3 is 18.8 Å². The van der Waals surface area contributed by atoms with Crippen molar-refractivity contribution in [1.29, 1.82) is 0 Å². The first-order chi connectivity index (χ1) is 10.6. The third kappa shape index (κ3) is 3.51. The number of hydrogen-bond acceptors (Lipinski definition) is 5. The Morgan fingerprint density at radius 1 is 1.50 bits per heavy atom. The SMILES string of the molecule is CN(C)C(=O)CO[C@@H]1CCOC2(C1)CN(Cc1ccco1)C2. The van der Waals surface area contributed by atoms with Crippen LogP contribution in [0.1, 0.15) is 18.6 Å². The maximum atomic E-state index is 11.6. The molecule has 3 rings (SSSR count). The van der Waals surface area contributed by atoms with Gasteiger partial charge in [-0.25, -0.2) is 0 Å². The molecule has 0 N–H and O–H groups in total. The van der Waals surface area contributed by atoms with Crippen LogP contribution < -0.4 is 0 Å². The van der Waals surface area contributed by atoms with E-state index >= 15 is 0 Å². The standard InChI is InChI=1S/C16H24N2O4/c1-17(2)15(19)10-21-13-5-7-22-16(8-13)11-18(12-16)9-14-4-3-6-20-14/h3-4,6,13H,5,7-12H2,1-2H3/t13-/m1/s1. The van der Waals surface area contributed by atoms with E-state index in [4.69, 9.17) is 13.9 Å². The van der Waals surface area contributed by atoms with Crippen LogP contribution in [0.25, 0.3) is 0 Å². The highest BCUT2D eigenvalue weighted by atomic mass is 16.5. The van der Waals surface area contributed by atoms with Gasteiger partial charge in [-0.2, -0.15) is 0 Å². The number of nitrogens with zero attached hydrogens (tertiary/aromatic N) is 2. The lowest BCUT2D eigenvalue weighted by molar-refractivity contribution is -0.200. The average molecular weight is 308 g/mol. The molecule has 2 fully saturated rings. The lowest BCUT2D eigenvalue weighted by Crippen LogP contribution is -2.65. The number of likely N-dealkylation sites (tertiary alicyclic amines) is 1. The van der Waals surface area contributed by atoms with Crippen molar-refractivity contribution in [1.82, 2.24) is 9.80 Å². The Hall–Kier alpha value is -1.37. The fraction of sp³-hybridized carbons (Fsp3) is 0.688. The first-order valence-corrected chi connectivity index (χ1v) is 7.77. The minimum absolute atomic E-state index is 0.00796. The third-order valence-corrected chi connectivity index (χ3v) is 4.37. The minimum Gasteiger partial charge on any atom is -0.468 e. The second-order valence-corrected chi connectivity index (χ2v) is 6.47. The van der Waals surface area contributed by atoms with E-state index in [9.17, 15) is 4.79 Å². The molecule has 3 heterocycles. The van der Waals surface area contributed by atoms with Gasteiger partial charge in [-0.15, -0.1) is 0 Å². The molecule has 1 spiro atoms. The van der Waals surface area contributed by atoms with Crippen LogP contribution in [0.5, 0.6) is 0 Å². The zero-order valence-electron chi connectivity index (χ0n) is 13.3. The van der Waals surface area contributed by atoms with E-state index in [-0.39, 0.29) is 24.2 Å². The molecule has 0 unspecified atom stereocenters. The molecular weight excluding hydrogens is 284 g/mol. The molecule has 0 saturated carbocycles. The summed E-state index contributed by atoms with van der Waals surface area (Å²) in [5.74, 6) is 0.989. The molecule has 0 aliphatic carbocycles. The van der Waals surface area contributed by atoms with Crippen molar-refractivity contribution in [3.05, 3.63) is 24.2 Å². The predicted molar refractivity (Wildman–Crippen MR) is 80.3 cm³/mol. The van der Waals surface area contributed by atoms with Crippen molar-refractivity contribution in [2.75, 3.05) is 40.4 Å². The Bertz CT molecular complexity index is 494. The molecule has 1 atom stereocenters. The number of amides is 1. The van der Waals surface area contributed by atoms with Crippen molar-refractivity contribution < 1.29 is 18.7 Å². The van der Waals surface area contributed by atoms with Gasteiger partial charge in [0.2, 0.25) is 5.91 Å². The van der Waals surface area contributed by atoms with Crippen molar-refractivity contribution in [2.24, 2.45) is 0 Å². The van der Waals surface area contributed by atoms with E-state index in [0.717, 1.165) is 38.2 Å². The number of carbonyl (C=O) groups is 1. The molecule has 0 bridgehead atoms. The topological polar surface area (TPSA) is 55.2 Å². The van der Waals surface area contributed by atoms with Gasteiger partial charge in [0.15, 0.2) is 0 Å². The normalized spacial score (nSPS) is 24.2. The maximum absolute atomic E-state index is 11.6. The lowest BCUT2D eigenvalue weighted by Gasteiger charge is -2.52. The highest BCUT2D eigenvalue weighted by Crippen LogP contribution is 2.36. The summed E-state index contributed by atoms with van der Waals surface area (Å²) in [7, 11) is 3.49. The summed E-state index contributed by atoms with van der Waals surface area (Å²) in [6.45, 7) is 3.48. The van der Waals surface area contributed by atoms with Gasteiger partial charge in [0.1, 0.15) is 12.4 Å². The number of ether oxygens (including phenoxy) is 2. The number of likely N-dealkylation sites (N-methyl/N-ethyl adjacent to an activating group) is 1. The van der Waals surface area contributed by atoms with Gasteiger partial charge >= 0.3 is 0 Å². The van der Waals surface area contributed by atoms with Gasteiger partial charge in [0, 0.05) is 40.2 Å². The summed E-state index contributed by atoms with van der Waals surface area (Å²) in [4.78, 5) is 15.5. The zero-order valence-corrected chi connectivity index (χ0v) is 13.3. The highest BCUT2D eigenvalue weighted by molar-refractivity contribution is 5.76. The van der Waals surface area contributed by atoms with E-state index in [1.807, 2.05) is 12.1 Å². The predicted octanol–water partition coefficient (Wildman–Crippen LogP) is 1.12. The molecule has 22 heavy (non-hydrogen) atoms. The van der Waals surface area contributed by atoms with Gasteiger partial charge in [-0.3, -0.25) is 9.69 Å². The minimum atomic E-state index is -0.101. The van der Waals surface area contributed by atoms with Crippen molar-refractivity contribution in [3.8, 4) is 0 Å². The monoisotopic (exact) mass is 308 g/mol. The smallest absolute Gasteiger partial charge is 0.248 e. The Kier molecular flexibility index (Phi) is 4.52. The van der Waals surface area contributed by atoms with Crippen LogP contribution in [0.3, 0.4) is 0 Å². The summed E-state index contributed by atoms with van der Waals surface area (Å²) in [5, 5.41) is 0. The van der Waals surface area contributed by atoms with E-state index in [0.29, 0.717) is 6.61 Å². The molecule has 122 valence electrons. The van der Waals surface area contributed by atoms with Gasteiger partial charge in [-0.05, 0) is 18.6 Å². The first kappa shape index (κ1) is 15.5. The Morgan fingerprint density at radius 2 is 2.32 bits per heavy atom. The molecule has 1 aromatic rings. The molecule has 1 amide bonds. The second kappa shape index (κ2) is 6.40. The summed E-state index contributed by atoms with van der Waals surface area (Å²) in [5.41, 5.74) is -0.101. The van der Waals surface area contributed by atoms with Crippen LogP contribution >= 0.6 is 0 Å². The third-order valence-electron chi connectivity index (χ3n) is 4.37. The highest BCUT2D eigenvalue weighted by Gasteiger charge is 2.47. The number of hydrogen-bond donors (Lipinski definition) is 0. The molecule has 0 aromatic carbocycles. The van der Waals surface area contributed by atoms with Gasteiger partial charge in [-0.1, -0.05) is 0 Å². The Balaban J connectivity index is 1.44. The maximum Gasteiger partial charge on any atom is 0.248 e. The van der Waals surface area contributed by atoms with Crippen LogP contribution in [-0.4, -0.2) is 67.8 Å². The number of carbonyl (C=O) groups excluding carboxylic acids is 1. The summed E-state index contributed by atoms with van der Waals surface area (Å²) in [6, 6.07) is 3.90. The van der Waals surface area contributed by atoms with Crippen LogP contribution in [-0.2, 0) is 20.8 Å². The second-order valence-electron chi connectivity index (χ2n) is 6.47. The average Bonchev–Trinajstić information content (AvgIpc) is 2.96. The Morgan fingerprint density at radius 3 is 3.00 bits per heavy atom. The van der Waals surface area contributed by atoms with Crippen LogP contribution in [0.2, 0.25) is 0 Å². The van der Waals surface area contributed by atoms with Crippen LogP contribution in [0.15, 0.2) is 22.8 Å². The molecule has 1 aromatic heterocycles. The van der Waals surface area contributed by atoms with Crippen LogP contribution in [0, 0.1) is 0 Å². The molecule has 2 saturated heterocycles. The zero-order chi connectivity index (χ0) is 15.6. The fourth-order valence-electron chi connectivity index (χ4n) is 3.17. The van der Waals surface area contributed by atoms with E-state index < -0.39 is 0 Å². The Labute approximate surface area is 131 Å². The first-order valence-electron chi connectivity index (χ1n) is 7.77. The summed E-state index contributed by atoms with van der Waals surface area (Å²) >= 11 is 0. The summed E-state index contributed by atoms with van der Waals surface area (Å²) in [6.07, 6.45) is 3.54. The molecule has 6 heteroatoms. The summed E-state index contributed by atoms with van der Waals surface area (Å²) < 4.78 is 17.1.